The third-order valence-corrected chi connectivity index (χ3v) is 4.81. The molecule has 5 heteroatoms. The van der Waals surface area contributed by atoms with Crippen LogP contribution in [0.2, 0.25) is 0 Å². The summed E-state index contributed by atoms with van der Waals surface area (Å²) in [6.45, 7) is 4.58. The Balaban J connectivity index is 1.54. The van der Waals surface area contributed by atoms with Crippen molar-refractivity contribution in [3.05, 3.63) is 42.2 Å². The minimum Gasteiger partial charge on any atom is -0.378 e. The van der Waals surface area contributed by atoms with E-state index in [-0.39, 0.29) is 5.91 Å². The molecule has 0 N–H and O–H groups in total. The van der Waals surface area contributed by atoms with Gasteiger partial charge in [0, 0.05) is 44.1 Å². The number of hydrogen-bond donors (Lipinski definition) is 0. The zero-order valence-corrected chi connectivity index (χ0v) is 15.1. The van der Waals surface area contributed by atoms with Gasteiger partial charge in [-0.05, 0) is 50.3 Å². The van der Waals surface area contributed by atoms with Crippen molar-refractivity contribution in [1.29, 1.82) is 0 Å². The number of benzene rings is 1. The lowest BCUT2D eigenvalue weighted by atomic mass is 10.1. The Labute approximate surface area is 149 Å². The molecule has 1 amide bonds. The van der Waals surface area contributed by atoms with E-state index in [0.717, 1.165) is 55.6 Å². The van der Waals surface area contributed by atoms with Crippen molar-refractivity contribution in [2.45, 2.75) is 45.3 Å². The molecular formula is C20H27N3O2. The lowest BCUT2D eigenvalue weighted by molar-refractivity contribution is 0.0763. The Morgan fingerprint density at radius 2 is 2.12 bits per heavy atom. The van der Waals surface area contributed by atoms with Crippen LogP contribution in [0.25, 0.3) is 11.1 Å². The first kappa shape index (κ1) is 17.7. The average molecular weight is 341 g/mol. The molecule has 3 rings (SSSR count). The summed E-state index contributed by atoms with van der Waals surface area (Å²) >= 11 is 0. The van der Waals surface area contributed by atoms with Crippen molar-refractivity contribution in [1.82, 2.24) is 14.7 Å². The standard InChI is InChI=1S/C20H27N3O2/c1-3-23-15-18(14-21-23)16-8-10-17(11-9-16)20(24)22(2)12-4-6-19-7-5-13-25-19/h8-11,14-15,19H,3-7,12-13H2,1-2H3/t19-/m1/s1. The van der Waals surface area contributed by atoms with Crippen LogP contribution in [0.5, 0.6) is 0 Å². The van der Waals surface area contributed by atoms with E-state index in [1.165, 1.54) is 6.42 Å². The van der Waals surface area contributed by atoms with Crippen molar-refractivity contribution in [3.8, 4) is 11.1 Å². The van der Waals surface area contributed by atoms with Crippen LogP contribution in [0.3, 0.4) is 0 Å². The van der Waals surface area contributed by atoms with Gasteiger partial charge in [0.2, 0.25) is 0 Å². The maximum absolute atomic E-state index is 12.5. The Kier molecular flexibility index (Phi) is 5.87. The quantitative estimate of drug-likeness (QED) is 0.773. The number of amides is 1. The number of carbonyl (C=O) groups excluding carboxylic acids is 1. The molecule has 1 aromatic heterocycles. The minimum atomic E-state index is 0.0724. The average Bonchev–Trinajstić information content (AvgIpc) is 3.33. The van der Waals surface area contributed by atoms with E-state index in [4.69, 9.17) is 4.74 Å². The third kappa shape index (κ3) is 4.48. The molecule has 1 fully saturated rings. The van der Waals surface area contributed by atoms with E-state index < -0.39 is 0 Å². The fourth-order valence-electron chi connectivity index (χ4n) is 3.24. The molecule has 1 aliphatic heterocycles. The van der Waals surface area contributed by atoms with Crippen LogP contribution in [0.1, 0.15) is 43.0 Å². The molecule has 1 saturated heterocycles. The summed E-state index contributed by atoms with van der Waals surface area (Å²) in [5.41, 5.74) is 2.88. The smallest absolute Gasteiger partial charge is 0.253 e. The van der Waals surface area contributed by atoms with Crippen molar-refractivity contribution in [3.63, 3.8) is 0 Å². The first-order valence-electron chi connectivity index (χ1n) is 9.17. The molecule has 134 valence electrons. The van der Waals surface area contributed by atoms with Gasteiger partial charge in [0.25, 0.3) is 5.91 Å². The molecule has 5 nitrogen and oxygen atoms in total. The second kappa shape index (κ2) is 8.30. The highest BCUT2D eigenvalue weighted by Gasteiger charge is 2.16. The SMILES string of the molecule is CCn1cc(-c2ccc(C(=O)N(C)CCC[C@@H]3CCCO3)cc2)cn1. The molecule has 1 aromatic carbocycles. The van der Waals surface area contributed by atoms with Crippen LogP contribution in [0.15, 0.2) is 36.7 Å². The van der Waals surface area contributed by atoms with E-state index in [2.05, 4.69) is 12.0 Å². The highest BCUT2D eigenvalue weighted by atomic mass is 16.5. The summed E-state index contributed by atoms with van der Waals surface area (Å²) in [6, 6.07) is 7.78. The molecule has 0 saturated carbocycles. The Morgan fingerprint density at radius 1 is 1.32 bits per heavy atom. The second-order valence-corrected chi connectivity index (χ2v) is 6.67. The summed E-state index contributed by atoms with van der Waals surface area (Å²) < 4.78 is 7.53. The first-order valence-corrected chi connectivity index (χ1v) is 9.17. The molecule has 1 atom stereocenters. The summed E-state index contributed by atoms with van der Waals surface area (Å²) in [5, 5.41) is 4.29. The van der Waals surface area contributed by atoms with Crippen molar-refractivity contribution in [2.24, 2.45) is 0 Å². The highest BCUT2D eigenvalue weighted by molar-refractivity contribution is 5.94. The van der Waals surface area contributed by atoms with Crippen LogP contribution in [0, 0.1) is 0 Å². The molecule has 2 heterocycles. The number of nitrogens with zero attached hydrogens (tertiary/aromatic N) is 3. The third-order valence-electron chi connectivity index (χ3n) is 4.81. The maximum Gasteiger partial charge on any atom is 0.253 e. The van der Waals surface area contributed by atoms with Gasteiger partial charge in [0.15, 0.2) is 0 Å². The zero-order valence-electron chi connectivity index (χ0n) is 15.1. The topological polar surface area (TPSA) is 47.4 Å². The number of aromatic nitrogens is 2. The fourth-order valence-corrected chi connectivity index (χ4v) is 3.24. The number of rotatable bonds is 7. The van der Waals surface area contributed by atoms with Crippen LogP contribution >= 0.6 is 0 Å². The largest absolute Gasteiger partial charge is 0.378 e. The molecule has 0 spiro atoms. The number of carbonyl (C=O) groups is 1. The highest BCUT2D eigenvalue weighted by Crippen LogP contribution is 2.20. The molecule has 0 aliphatic carbocycles. The van der Waals surface area contributed by atoms with Gasteiger partial charge >= 0.3 is 0 Å². The van der Waals surface area contributed by atoms with Crippen LogP contribution in [-0.4, -0.2) is 46.9 Å². The van der Waals surface area contributed by atoms with E-state index in [9.17, 15) is 4.79 Å². The zero-order chi connectivity index (χ0) is 17.6. The lowest BCUT2D eigenvalue weighted by Gasteiger charge is -2.18. The van der Waals surface area contributed by atoms with Gasteiger partial charge in [-0.15, -0.1) is 0 Å². The molecule has 25 heavy (non-hydrogen) atoms. The molecule has 0 radical (unpaired) electrons. The predicted octanol–water partition coefficient (Wildman–Crippen LogP) is 3.60. The Bertz CT molecular complexity index is 687. The number of ether oxygens (including phenoxy) is 1. The normalized spacial score (nSPS) is 17.0. The van der Waals surface area contributed by atoms with Gasteiger partial charge in [0.05, 0.1) is 12.3 Å². The minimum absolute atomic E-state index is 0.0724. The van der Waals surface area contributed by atoms with Crippen LogP contribution in [-0.2, 0) is 11.3 Å². The van der Waals surface area contributed by atoms with E-state index in [1.807, 2.05) is 48.4 Å². The summed E-state index contributed by atoms with van der Waals surface area (Å²) in [4.78, 5) is 14.4. The molecule has 1 aliphatic rings. The van der Waals surface area contributed by atoms with Gasteiger partial charge in [-0.25, -0.2) is 0 Å². The van der Waals surface area contributed by atoms with E-state index in [0.29, 0.717) is 6.10 Å². The Hall–Kier alpha value is -2.14. The molecule has 0 bridgehead atoms. The van der Waals surface area contributed by atoms with Crippen molar-refractivity contribution in [2.75, 3.05) is 20.2 Å². The van der Waals surface area contributed by atoms with Gasteiger partial charge in [-0.1, -0.05) is 12.1 Å². The van der Waals surface area contributed by atoms with Gasteiger partial charge in [-0.2, -0.15) is 5.10 Å². The molecule has 0 unspecified atom stereocenters. The van der Waals surface area contributed by atoms with Gasteiger partial charge < -0.3 is 9.64 Å². The monoisotopic (exact) mass is 341 g/mol. The summed E-state index contributed by atoms with van der Waals surface area (Å²) in [6.07, 6.45) is 8.63. The predicted molar refractivity (Wildman–Crippen MR) is 98.5 cm³/mol. The van der Waals surface area contributed by atoms with Crippen LogP contribution < -0.4 is 0 Å². The molecule has 2 aromatic rings. The first-order chi connectivity index (χ1) is 12.2. The summed E-state index contributed by atoms with van der Waals surface area (Å²) in [7, 11) is 1.87. The lowest BCUT2D eigenvalue weighted by Crippen LogP contribution is -2.28. The van der Waals surface area contributed by atoms with Crippen LogP contribution in [0.4, 0.5) is 0 Å². The van der Waals surface area contributed by atoms with Gasteiger partial charge in [-0.3, -0.25) is 9.48 Å². The Morgan fingerprint density at radius 3 is 2.76 bits per heavy atom. The maximum atomic E-state index is 12.5. The summed E-state index contributed by atoms with van der Waals surface area (Å²) in [5.74, 6) is 0.0724. The van der Waals surface area contributed by atoms with Crippen molar-refractivity contribution < 1.29 is 9.53 Å². The van der Waals surface area contributed by atoms with E-state index in [1.54, 1.807) is 4.90 Å². The fraction of sp³-hybridized carbons (Fsp3) is 0.500. The number of aryl methyl sites for hydroxylation is 1. The number of hydrogen-bond acceptors (Lipinski definition) is 3. The van der Waals surface area contributed by atoms with Crippen molar-refractivity contribution >= 4 is 5.91 Å². The van der Waals surface area contributed by atoms with Gasteiger partial charge in [0.1, 0.15) is 0 Å². The second-order valence-electron chi connectivity index (χ2n) is 6.67. The van der Waals surface area contributed by atoms with E-state index >= 15 is 0 Å². The molecular weight excluding hydrogens is 314 g/mol.